The third-order valence-electron chi connectivity index (χ3n) is 3.40. The van der Waals surface area contributed by atoms with Crippen molar-refractivity contribution in [1.29, 1.82) is 0 Å². The summed E-state index contributed by atoms with van der Waals surface area (Å²) in [6.07, 6.45) is 0. The minimum Gasteiger partial charge on any atom is -0.333 e. The second-order valence-electron chi connectivity index (χ2n) is 7.06. The quantitative estimate of drug-likeness (QED) is 0.705. The van der Waals surface area contributed by atoms with Crippen molar-refractivity contribution >= 4 is 35.1 Å². The number of carbonyl (C=O) groups excluding carboxylic acids is 3. The molecule has 0 saturated carbocycles. The maximum atomic E-state index is 12.2. The molecule has 0 atom stereocenters. The van der Waals surface area contributed by atoms with E-state index in [1.165, 1.54) is 0 Å². The zero-order valence-electron chi connectivity index (χ0n) is 15.9. The summed E-state index contributed by atoms with van der Waals surface area (Å²) in [6, 6.07) is 4.68. The van der Waals surface area contributed by atoms with Crippen molar-refractivity contribution in [3.63, 3.8) is 0 Å². The van der Waals surface area contributed by atoms with Crippen molar-refractivity contribution in [2.24, 2.45) is 0 Å². The lowest BCUT2D eigenvalue weighted by atomic mass is 10.1. The molecule has 0 saturated heterocycles. The van der Waals surface area contributed by atoms with Crippen molar-refractivity contribution in [2.75, 3.05) is 25.0 Å². The molecule has 4 amide bonds. The first kappa shape index (κ1) is 21.9. The predicted molar refractivity (Wildman–Crippen MR) is 103 cm³/mol. The van der Waals surface area contributed by atoms with Gasteiger partial charge in [0.1, 0.15) is 0 Å². The Morgan fingerprint density at radius 2 is 1.73 bits per heavy atom. The fourth-order valence-electron chi connectivity index (χ4n) is 2.14. The highest BCUT2D eigenvalue weighted by Gasteiger charge is 2.18. The number of nitrogens with one attached hydrogen (secondary N) is 3. The van der Waals surface area contributed by atoms with E-state index >= 15 is 0 Å². The molecule has 0 aliphatic carbocycles. The maximum absolute atomic E-state index is 12.2. The first-order valence-electron chi connectivity index (χ1n) is 8.40. The van der Waals surface area contributed by atoms with Gasteiger partial charge in [-0.3, -0.25) is 19.8 Å². The van der Waals surface area contributed by atoms with Crippen LogP contribution in [0.3, 0.4) is 0 Å². The standard InChI is InChI=1S/C18H27ClN4O3/c1-6-23(11-16(25)21-17(26)22-18(3,4)5)10-15(24)20-14-9-13(19)8-7-12(14)2/h7-9H,6,10-11H2,1-5H3,(H,20,24)(H2,21,22,25,26). The first-order chi connectivity index (χ1) is 12.0. The lowest BCUT2D eigenvalue weighted by molar-refractivity contribution is -0.122. The number of nitrogens with zero attached hydrogens (tertiary/aromatic N) is 1. The van der Waals surface area contributed by atoms with E-state index in [1.54, 1.807) is 17.0 Å². The second kappa shape index (κ2) is 9.54. The fourth-order valence-corrected chi connectivity index (χ4v) is 2.31. The molecule has 0 unspecified atom stereocenters. The largest absolute Gasteiger partial charge is 0.333 e. The number of carbonyl (C=O) groups is 3. The molecule has 0 fully saturated rings. The monoisotopic (exact) mass is 382 g/mol. The van der Waals surface area contributed by atoms with E-state index in [0.717, 1.165) is 5.56 Å². The number of aryl methyl sites for hydroxylation is 1. The highest BCUT2D eigenvalue weighted by molar-refractivity contribution is 6.31. The molecule has 1 aromatic carbocycles. The molecule has 3 N–H and O–H groups in total. The Morgan fingerprint density at radius 1 is 1.12 bits per heavy atom. The zero-order valence-corrected chi connectivity index (χ0v) is 16.7. The number of halogens is 1. The van der Waals surface area contributed by atoms with Crippen LogP contribution in [0.1, 0.15) is 33.3 Å². The fraction of sp³-hybridized carbons (Fsp3) is 0.500. The van der Waals surface area contributed by atoms with Crippen molar-refractivity contribution < 1.29 is 14.4 Å². The summed E-state index contributed by atoms with van der Waals surface area (Å²) in [5, 5.41) is 8.22. The zero-order chi connectivity index (χ0) is 19.9. The van der Waals surface area contributed by atoms with Gasteiger partial charge in [0.05, 0.1) is 13.1 Å². The molecule has 8 heteroatoms. The summed E-state index contributed by atoms with van der Waals surface area (Å²) >= 11 is 5.94. The average Bonchev–Trinajstić information content (AvgIpc) is 2.48. The van der Waals surface area contributed by atoms with Crippen molar-refractivity contribution in [1.82, 2.24) is 15.5 Å². The van der Waals surface area contributed by atoms with Crippen LogP contribution in [-0.2, 0) is 9.59 Å². The average molecular weight is 383 g/mol. The third-order valence-corrected chi connectivity index (χ3v) is 3.63. The topological polar surface area (TPSA) is 90.5 Å². The Hall–Kier alpha value is -2.12. The van der Waals surface area contributed by atoms with Gasteiger partial charge in [-0.05, 0) is 51.9 Å². The lowest BCUT2D eigenvalue weighted by Gasteiger charge is -2.22. The molecule has 0 spiro atoms. The van der Waals surface area contributed by atoms with Gasteiger partial charge in [0.2, 0.25) is 11.8 Å². The minimum atomic E-state index is -0.558. The predicted octanol–water partition coefficient (Wildman–Crippen LogP) is 2.53. The number of amides is 4. The summed E-state index contributed by atoms with van der Waals surface area (Å²) in [7, 11) is 0. The highest BCUT2D eigenvalue weighted by atomic mass is 35.5. The van der Waals surface area contributed by atoms with Gasteiger partial charge in [0.25, 0.3) is 0 Å². The number of rotatable bonds is 6. The molecule has 1 aromatic rings. The molecule has 0 aliphatic heterocycles. The molecular formula is C18H27ClN4O3. The summed E-state index contributed by atoms with van der Waals surface area (Å²) in [4.78, 5) is 37.6. The summed E-state index contributed by atoms with van der Waals surface area (Å²) in [6.45, 7) is 9.60. The molecular weight excluding hydrogens is 356 g/mol. The molecule has 0 bridgehead atoms. The Bertz CT molecular complexity index is 671. The van der Waals surface area contributed by atoms with Crippen molar-refractivity contribution in [2.45, 2.75) is 40.2 Å². The normalized spacial score (nSPS) is 11.2. The van der Waals surface area contributed by atoms with Gasteiger partial charge in [-0.25, -0.2) is 4.79 Å². The van der Waals surface area contributed by atoms with E-state index in [9.17, 15) is 14.4 Å². The van der Waals surface area contributed by atoms with Crippen LogP contribution in [0.15, 0.2) is 18.2 Å². The number of likely N-dealkylation sites (N-methyl/N-ethyl adjacent to an activating group) is 1. The van der Waals surface area contributed by atoms with Crippen LogP contribution in [0.2, 0.25) is 5.02 Å². The van der Waals surface area contributed by atoms with Crippen molar-refractivity contribution in [3.8, 4) is 0 Å². The number of imide groups is 1. The van der Waals surface area contributed by atoms with Crippen LogP contribution < -0.4 is 16.0 Å². The highest BCUT2D eigenvalue weighted by Crippen LogP contribution is 2.20. The van der Waals surface area contributed by atoms with Gasteiger partial charge in [-0.1, -0.05) is 24.6 Å². The van der Waals surface area contributed by atoms with Crippen LogP contribution in [0, 0.1) is 6.92 Å². The molecule has 26 heavy (non-hydrogen) atoms. The van der Waals surface area contributed by atoms with Crippen LogP contribution in [-0.4, -0.2) is 47.9 Å². The summed E-state index contributed by atoms with van der Waals surface area (Å²) in [5.74, 6) is -0.732. The van der Waals surface area contributed by atoms with E-state index in [2.05, 4.69) is 16.0 Å². The Morgan fingerprint density at radius 3 is 2.31 bits per heavy atom. The summed E-state index contributed by atoms with van der Waals surface area (Å²) in [5.41, 5.74) is 1.08. The molecule has 0 aliphatic rings. The second-order valence-corrected chi connectivity index (χ2v) is 7.50. The number of anilines is 1. The van der Waals surface area contributed by atoms with Crippen LogP contribution in [0.5, 0.6) is 0 Å². The molecule has 0 aromatic heterocycles. The number of hydrogen-bond acceptors (Lipinski definition) is 4. The van der Waals surface area contributed by atoms with E-state index in [4.69, 9.17) is 11.6 Å². The molecule has 0 heterocycles. The minimum absolute atomic E-state index is 0.0246. The van der Waals surface area contributed by atoms with Crippen LogP contribution in [0.4, 0.5) is 10.5 Å². The van der Waals surface area contributed by atoms with E-state index in [-0.39, 0.29) is 19.0 Å². The van der Waals surface area contributed by atoms with Crippen LogP contribution in [0.25, 0.3) is 0 Å². The summed E-state index contributed by atoms with van der Waals surface area (Å²) < 4.78 is 0. The number of hydrogen-bond donors (Lipinski definition) is 3. The van der Waals surface area contributed by atoms with Gasteiger partial charge >= 0.3 is 6.03 Å². The van der Waals surface area contributed by atoms with Gasteiger partial charge in [-0.2, -0.15) is 0 Å². The molecule has 144 valence electrons. The van der Waals surface area contributed by atoms with Gasteiger partial charge in [0.15, 0.2) is 0 Å². The number of benzene rings is 1. The van der Waals surface area contributed by atoms with Gasteiger partial charge in [-0.15, -0.1) is 0 Å². The van der Waals surface area contributed by atoms with Crippen LogP contribution >= 0.6 is 11.6 Å². The Labute approximate surface area is 159 Å². The van der Waals surface area contributed by atoms with Gasteiger partial charge in [0, 0.05) is 16.2 Å². The van der Waals surface area contributed by atoms with E-state index in [1.807, 2.05) is 40.7 Å². The third kappa shape index (κ3) is 8.31. The van der Waals surface area contributed by atoms with E-state index in [0.29, 0.717) is 17.3 Å². The Balaban J connectivity index is 2.55. The maximum Gasteiger partial charge on any atom is 0.321 e. The SMILES string of the molecule is CCN(CC(=O)NC(=O)NC(C)(C)C)CC(=O)Nc1cc(Cl)ccc1C. The lowest BCUT2D eigenvalue weighted by Crippen LogP contribution is -2.50. The molecule has 1 rings (SSSR count). The first-order valence-corrected chi connectivity index (χ1v) is 8.78. The molecule has 7 nitrogen and oxygen atoms in total. The number of urea groups is 1. The van der Waals surface area contributed by atoms with Gasteiger partial charge < -0.3 is 10.6 Å². The smallest absolute Gasteiger partial charge is 0.321 e. The Kier molecular flexibility index (Phi) is 8.05. The molecule has 0 radical (unpaired) electrons. The van der Waals surface area contributed by atoms with E-state index < -0.39 is 17.5 Å². The van der Waals surface area contributed by atoms with Crippen molar-refractivity contribution in [3.05, 3.63) is 28.8 Å².